The summed E-state index contributed by atoms with van der Waals surface area (Å²) in [6, 6.07) is 8.49. The van der Waals surface area contributed by atoms with Gasteiger partial charge in [0.15, 0.2) is 0 Å². The molecule has 20 heavy (non-hydrogen) atoms. The molecule has 2 aliphatic rings. The molecule has 1 aromatic carbocycles. The Kier molecular flexibility index (Phi) is 4.13. The van der Waals surface area contributed by atoms with Gasteiger partial charge in [-0.2, -0.15) is 0 Å². The van der Waals surface area contributed by atoms with E-state index in [-0.39, 0.29) is 17.2 Å². The van der Waals surface area contributed by atoms with Crippen molar-refractivity contribution in [1.82, 2.24) is 10.6 Å². The smallest absolute Gasteiger partial charge is 0.223 e. The van der Waals surface area contributed by atoms with Crippen LogP contribution in [0.25, 0.3) is 0 Å². The van der Waals surface area contributed by atoms with Gasteiger partial charge in [0, 0.05) is 22.4 Å². The molecule has 0 atom stereocenters. The maximum atomic E-state index is 12.2. The summed E-state index contributed by atoms with van der Waals surface area (Å²) >= 11 is 3.53. The second kappa shape index (κ2) is 5.86. The summed E-state index contributed by atoms with van der Waals surface area (Å²) in [5, 5.41) is 6.49. The Bertz CT molecular complexity index is 493. The predicted octanol–water partition coefficient (Wildman–Crippen LogP) is 2.60. The molecular formula is C16H21BrN2O. The molecule has 108 valence electrons. The topological polar surface area (TPSA) is 41.1 Å². The van der Waals surface area contributed by atoms with Gasteiger partial charge >= 0.3 is 0 Å². The van der Waals surface area contributed by atoms with Crippen molar-refractivity contribution in [1.29, 1.82) is 0 Å². The maximum Gasteiger partial charge on any atom is 0.223 e. The molecule has 0 aromatic heterocycles. The van der Waals surface area contributed by atoms with Crippen molar-refractivity contribution >= 4 is 21.8 Å². The van der Waals surface area contributed by atoms with Crippen molar-refractivity contribution in [2.75, 3.05) is 19.6 Å². The van der Waals surface area contributed by atoms with Crippen molar-refractivity contribution in [2.24, 2.45) is 5.92 Å². The molecule has 0 bridgehead atoms. The Morgan fingerprint density at radius 2 is 2.10 bits per heavy atom. The Morgan fingerprint density at radius 3 is 2.75 bits per heavy atom. The molecular weight excluding hydrogens is 316 g/mol. The van der Waals surface area contributed by atoms with Crippen LogP contribution in [0.4, 0.5) is 0 Å². The lowest BCUT2D eigenvalue weighted by Crippen LogP contribution is -2.40. The average Bonchev–Trinajstić information content (AvgIpc) is 3.27. The van der Waals surface area contributed by atoms with Gasteiger partial charge in [0.25, 0.3) is 0 Å². The van der Waals surface area contributed by atoms with E-state index in [9.17, 15) is 4.79 Å². The molecule has 3 nitrogen and oxygen atoms in total. The van der Waals surface area contributed by atoms with Crippen LogP contribution in [0.1, 0.15) is 31.2 Å². The number of amides is 1. The van der Waals surface area contributed by atoms with Gasteiger partial charge in [-0.3, -0.25) is 4.79 Å². The van der Waals surface area contributed by atoms with E-state index >= 15 is 0 Å². The molecule has 4 heteroatoms. The van der Waals surface area contributed by atoms with Crippen LogP contribution in [0.15, 0.2) is 28.7 Å². The molecule has 2 N–H and O–H groups in total. The number of benzene rings is 1. The van der Waals surface area contributed by atoms with Gasteiger partial charge in [-0.05, 0) is 56.5 Å². The Balaban J connectivity index is 1.59. The van der Waals surface area contributed by atoms with Gasteiger partial charge in [-0.25, -0.2) is 0 Å². The number of hydrogen-bond donors (Lipinski definition) is 2. The first-order valence-corrected chi connectivity index (χ1v) is 8.23. The van der Waals surface area contributed by atoms with Crippen molar-refractivity contribution in [3.05, 3.63) is 34.3 Å². The predicted molar refractivity (Wildman–Crippen MR) is 83.7 cm³/mol. The van der Waals surface area contributed by atoms with Crippen molar-refractivity contribution in [3.8, 4) is 0 Å². The molecule has 0 radical (unpaired) electrons. The van der Waals surface area contributed by atoms with Gasteiger partial charge in [0.1, 0.15) is 0 Å². The molecule has 1 heterocycles. The minimum Gasteiger partial charge on any atom is -0.355 e. The lowest BCUT2D eigenvalue weighted by Gasteiger charge is -2.23. The molecule has 0 spiro atoms. The van der Waals surface area contributed by atoms with E-state index < -0.39 is 0 Å². The van der Waals surface area contributed by atoms with Gasteiger partial charge in [0.2, 0.25) is 5.91 Å². The van der Waals surface area contributed by atoms with Crippen LogP contribution in [0.5, 0.6) is 0 Å². The highest BCUT2D eigenvalue weighted by Gasteiger charge is 2.44. The third kappa shape index (κ3) is 3.07. The van der Waals surface area contributed by atoms with Gasteiger partial charge in [-0.1, -0.05) is 28.1 Å². The summed E-state index contributed by atoms with van der Waals surface area (Å²) in [6.45, 7) is 2.72. The fourth-order valence-corrected chi connectivity index (χ4v) is 3.42. The van der Waals surface area contributed by atoms with Gasteiger partial charge in [0.05, 0.1) is 0 Å². The minimum atomic E-state index is 0.187. The Labute approximate surface area is 128 Å². The van der Waals surface area contributed by atoms with Gasteiger partial charge < -0.3 is 10.6 Å². The number of piperidine rings is 1. The van der Waals surface area contributed by atoms with E-state index in [1.807, 2.05) is 6.07 Å². The summed E-state index contributed by atoms with van der Waals surface area (Å²) in [5.41, 5.74) is 1.53. The molecule has 1 amide bonds. The van der Waals surface area contributed by atoms with E-state index in [4.69, 9.17) is 0 Å². The number of nitrogens with one attached hydrogen (secondary N) is 2. The Hall–Kier alpha value is -0.870. The molecule has 1 aliphatic heterocycles. The third-order valence-electron chi connectivity index (χ3n) is 4.60. The van der Waals surface area contributed by atoms with Crippen molar-refractivity contribution in [2.45, 2.75) is 31.1 Å². The first-order valence-electron chi connectivity index (χ1n) is 7.44. The second-order valence-corrected chi connectivity index (χ2v) is 6.95. The zero-order valence-corrected chi connectivity index (χ0v) is 13.2. The summed E-state index contributed by atoms with van der Waals surface area (Å²) in [7, 11) is 0. The molecule has 1 aromatic rings. The van der Waals surface area contributed by atoms with Crippen LogP contribution in [-0.4, -0.2) is 25.5 Å². The SMILES string of the molecule is O=C(NCC1(c2cccc(Br)c2)CC1)C1CCNCC1. The highest BCUT2D eigenvalue weighted by atomic mass is 79.9. The highest BCUT2D eigenvalue weighted by molar-refractivity contribution is 9.10. The van der Waals surface area contributed by atoms with E-state index in [0.717, 1.165) is 36.9 Å². The summed E-state index contributed by atoms with van der Waals surface area (Å²) in [4.78, 5) is 12.2. The first-order chi connectivity index (χ1) is 9.70. The molecule has 2 fully saturated rings. The number of carbonyl (C=O) groups excluding carboxylic acids is 1. The minimum absolute atomic E-state index is 0.187. The van der Waals surface area contributed by atoms with E-state index in [0.29, 0.717) is 0 Å². The van der Waals surface area contributed by atoms with Crippen LogP contribution in [-0.2, 0) is 10.2 Å². The number of carbonyl (C=O) groups is 1. The number of rotatable bonds is 4. The third-order valence-corrected chi connectivity index (χ3v) is 5.09. The number of hydrogen-bond acceptors (Lipinski definition) is 2. The molecule has 1 aliphatic carbocycles. The zero-order chi connectivity index (χ0) is 14.0. The van der Waals surface area contributed by atoms with Crippen molar-refractivity contribution in [3.63, 3.8) is 0 Å². The monoisotopic (exact) mass is 336 g/mol. The van der Waals surface area contributed by atoms with Crippen LogP contribution in [0.2, 0.25) is 0 Å². The summed E-state index contributed by atoms with van der Waals surface area (Å²) < 4.78 is 1.12. The fourth-order valence-electron chi connectivity index (χ4n) is 3.02. The fraction of sp³-hybridized carbons (Fsp3) is 0.562. The lowest BCUT2D eigenvalue weighted by atomic mass is 9.94. The van der Waals surface area contributed by atoms with Crippen LogP contribution in [0.3, 0.4) is 0 Å². The first kappa shape index (κ1) is 14.1. The second-order valence-electron chi connectivity index (χ2n) is 6.03. The van der Waals surface area contributed by atoms with E-state index in [2.05, 4.69) is 44.8 Å². The Morgan fingerprint density at radius 1 is 1.35 bits per heavy atom. The van der Waals surface area contributed by atoms with Crippen LogP contribution >= 0.6 is 15.9 Å². The highest BCUT2D eigenvalue weighted by Crippen LogP contribution is 2.48. The normalized spacial score (nSPS) is 21.4. The van der Waals surface area contributed by atoms with Crippen LogP contribution < -0.4 is 10.6 Å². The van der Waals surface area contributed by atoms with Crippen molar-refractivity contribution < 1.29 is 4.79 Å². The average molecular weight is 337 g/mol. The lowest BCUT2D eigenvalue weighted by molar-refractivity contribution is -0.125. The number of halogens is 1. The molecule has 1 saturated heterocycles. The maximum absolute atomic E-state index is 12.2. The quantitative estimate of drug-likeness (QED) is 0.887. The molecule has 3 rings (SSSR count). The largest absolute Gasteiger partial charge is 0.355 e. The summed E-state index contributed by atoms with van der Waals surface area (Å²) in [5.74, 6) is 0.447. The van der Waals surface area contributed by atoms with Gasteiger partial charge in [-0.15, -0.1) is 0 Å². The van der Waals surface area contributed by atoms with Crippen LogP contribution in [0, 0.1) is 5.92 Å². The van der Waals surface area contributed by atoms with E-state index in [1.54, 1.807) is 0 Å². The van der Waals surface area contributed by atoms with E-state index in [1.165, 1.54) is 18.4 Å². The standard InChI is InChI=1S/C16H21BrN2O/c17-14-3-1-2-13(10-14)16(6-7-16)11-19-15(20)12-4-8-18-9-5-12/h1-3,10,12,18H,4-9,11H2,(H,19,20). The molecule has 1 saturated carbocycles. The molecule has 0 unspecified atom stereocenters. The summed E-state index contributed by atoms with van der Waals surface area (Å²) in [6.07, 6.45) is 4.29. The zero-order valence-electron chi connectivity index (χ0n) is 11.6.